The maximum absolute atomic E-state index is 12.5. The average Bonchev–Trinajstić information content (AvgIpc) is 2.95. The van der Waals surface area contributed by atoms with Crippen LogP contribution in [0, 0.1) is 0 Å². The van der Waals surface area contributed by atoms with Crippen LogP contribution in [-0.2, 0) is 6.18 Å². The minimum atomic E-state index is -4.47. The first kappa shape index (κ1) is 15.9. The number of hydrogen-bond acceptors (Lipinski definition) is 4. The summed E-state index contributed by atoms with van der Waals surface area (Å²) < 4.78 is 37.4. The molecule has 1 N–H and O–H groups in total. The molecule has 1 aliphatic rings. The van der Waals surface area contributed by atoms with E-state index in [0.717, 1.165) is 31.3 Å². The highest BCUT2D eigenvalue weighted by molar-refractivity contribution is 6.30. The summed E-state index contributed by atoms with van der Waals surface area (Å²) in [5.41, 5.74) is 0.0373. The summed E-state index contributed by atoms with van der Waals surface area (Å²) in [6.07, 6.45) is -3.61. The van der Waals surface area contributed by atoms with Gasteiger partial charge in [0.05, 0.1) is 0 Å². The molecule has 3 rings (SSSR count). The molecule has 1 aromatic carbocycles. The number of aromatic nitrogens is 2. The molecular weight excluding hydrogens is 329 g/mol. The molecule has 1 aliphatic heterocycles. The fourth-order valence-corrected chi connectivity index (χ4v) is 2.74. The Hall–Kier alpha value is -2.02. The normalized spacial score (nSPS) is 18.3. The summed E-state index contributed by atoms with van der Waals surface area (Å²) >= 11 is 5.99. The number of hydrogen-bond donors (Lipinski definition) is 1. The molecule has 0 spiro atoms. The van der Waals surface area contributed by atoms with Gasteiger partial charge in [0.2, 0.25) is 0 Å². The Morgan fingerprint density at radius 1 is 1.17 bits per heavy atom. The maximum Gasteiger partial charge on any atom is 0.435 e. The second-order valence-electron chi connectivity index (χ2n) is 5.36. The Morgan fingerprint density at radius 2 is 2.00 bits per heavy atom. The van der Waals surface area contributed by atoms with E-state index >= 15 is 0 Å². The van der Waals surface area contributed by atoms with Crippen LogP contribution < -0.4 is 10.2 Å². The molecule has 1 unspecified atom stereocenters. The fourth-order valence-electron chi connectivity index (χ4n) is 2.55. The lowest BCUT2D eigenvalue weighted by Gasteiger charge is -2.19. The number of benzene rings is 1. The largest absolute Gasteiger partial charge is 0.435 e. The van der Waals surface area contributed by atoms with Crippen LogP contribution in [0.1, 0.15) is 12.1 Å². The van der Waals surface area contributed by atoms with Crippen LogP contribution in [0.4, 0.5) is 24.7 Å². The van der Waals surface area contributed by atoms with Gasteiger partial charge in [-0.3, -0.25) is 0 Å². The van der Waals surface area contributed by atoms with Gasteiger partial charge >= 0.3 is 6.18 Å². The second-order valence-corrected chi connectivity index (χ2v) is 5.79. The van der Waals surface area contributed by atoms with Crippen molar-refractivity contribution in [2.75, 3.05) is 23.3 Å². The standard InChI is InChI=1S/C15H14ClF3N4/c16-10-2-1-3-12(8-10)23-7-6-11(9-23)20-14-5-4-13(21-22-14)15(17,18)19/h1-5,8,11H,6-7,9H2,(H,20,22). The molecule has 2 aromatic rings. The van der Waals surface area contributed by atoms with Gasteiger partial charge in [-0.2, -0.15) is 13.2 Å². The molecule has 122 valence electrons. The average molecular weight is 343 g/mol. The molecule has 0 bridgehead atoms. The van der Waals surface area contributed by atoms with Crippen molar-refractivity contribution in [3.05, 3.63) is 47.1 Å². The summed E-state index contributed by atoms with van der Waals surface area (Å²) in [5.74, 6) is 0.343. The van der Waals surface area contributed by atoms with Crippen LogP contribution >= 0.6 is 11.6 Å². The van der Waals surface area contributed by atoms with Crippen molar-refractivity contribution in [3.8, 4) is 0 Å². The fraction of sp³-hybridized carbons (Fsp3) is 0.333. The van der Waals surface area contributed by atoms with Crippen molar-refractivity contribution in [1.29, 1.82) is 0 Å². The van der Waals surface area contributed by atoms with Gasteiger partial charge in [-0.15, -0.1) is 10.2 Å². The van der Waals surface area contributed by atoms with E-state index in [2.05, 4.69) is 20.4 Å². The van der Waals surface area contributed by atoms with Crippen molar-refractivity contribution in [2.24, 2.45) is 0 Å². The van der Waals surface area contributed by atoms with Crippen molar-refractivity contribution in [2.45, 2.75) is 18.6 Å². The zero-order valence-electron chi connectivity index (χ0n) is 12.0. The van der Waals surface area contributed by atoms with Gasteiger partial charge in [-0.1, -0.05) is 17.7 Å². The quantitative estimate of drug-likeness (QED) is 0.920. The number of nitrogens with one attached hydrogen (secondary N) is 1. The van der Waals surface area contributed by atoms with E-state index in [0.29, 0.717) is 10.8 Å². The molecule has 2 heterocycles. The summed E-state index contributed by atoms with van der Waals surface area (Å²) in [6, 6.07) is 9.90. The van der Waals surface area contributed by atoms with Crippen LogP contribution in [0.5, 0.6) is 0 Å². The van der Waals surface area contributed by atoms with E-state index in [-0.39, 0.29) is 6.04 Å². The second kappa shape index (κ2) is 6.23. The summed E-state index contributed by atoms with van der Waals surface area (Å²) in [6.45, 7) is 1.56. The Morgan fingerprint density at radius 3 is 2.65 bits per heavy atom. The van der Waals surface area contributed by atoms with Crippen molar-refractivity contribution in [1.82, 2.24) is 10.2 Å². The molecule has 0 amide bonds. The van der Waals surface area contributed by atoms with Crippen LogP contribution in [0.3, 0.4) is 0 Å². The lowest BCUT2D eigenvalue weighted by Crippen LogP contribution is -2.26. The first-order valence-corrected chi connectivity index (χ1v) is 7.47. The Bertz CT molecular complexity index is 675. The minimum Gasteiger partial charge on any atom is -0.369 e. The topological polar surface area (TPSA) is 41.0 Å². The van der Waals surface area contributed by atoms with Gasteiger partial charge in [0.1, 0.15) is 5.82 Å². The SMILES string of the molecule is FC(F)(F)c1ccc(NC2CCN(c3cccc(Cl)c3)C2)nn1. The first-order valence-electron chi connectivity index (χ1n) is 7.10. The Balaban J connectivity index is 1.62. The van der Waals surface area contributed by atoms with Gasteiger partial charge < -0.3 is 10.2 Å². The van der Waals surface area contributed by atoms with Crippen LogP contribution in [-0.4, -0.2) is 29.3 Å². The zero-order chi connectivity index (χ0) is 16.4. The summed E-state index contributed by atoms with van der Waals surface area (Å²) in [4.78, 5) is 2.17. The van der Waals surface area contributed by atoms with E-state index in [4.69, 9.17) is 11.6 Å². The van der Waals surface area contributed by atoms with Gasteiger partial charge in [0.25, 0.3) is 0 Å². The van der Waals surface area contributed by atoms with Crippen molar-refractivity contribution >= 4 is 23.1 Å². The predicted molar refractivity (Wildman–Crippen MR) is 82.7 cm³/mol. The smallest absolute Gasteiger partial charge is 0.369 e. The van der Waals surface area contributed by atoms with Crippen LogP contribution in [0.2, 0.25) is 5.02 Å². The first-order chi connectivity index (χ1) is 10.9. The third-order valence-corrected chi connectivity index (χ3v) is 3.90. The number of rotatable bonds is 3. The molecule has 8 heteroatoms. The number of halogens is 4. The van der Waals surface area contributed by atoms with Crippen LogP contribution in [0.15, 0.2) is 36.4 Å². The van der Waals surface area contributed by atoms with Gasteiger partial charge in [0.15, 0.2) is 5.69 Å². The van der Waals surface area contributed by atoms with E-state index in [9.17, 15) is 13.2 Å². The number of nitrogens with zero attached hydrogens (tertiary/aromatic N) is 3. The lowest BCUT2D eigenvalue weighted by molar-refractivity contribution is -0.141. The highest BCUT2D eigenvalue weighted by Gasteiger charge is 2.33. The highest BCUT2D eigenvalue weighted by atomic mass is 35.5. The summed E-state index contributed by atoms with van der Waals surface area (Å²) in [7, 11) is 0. The number of anilines is 2. The van der Waals surface area contributed by atoms with Crippen molar-refractivity contribution < 1.29 is 13.2 Å². The Labute approximate surface area is 136 Å². The van der Waals surface area contributed by atoms with E-state index in [1.54, 1.807) is 0 Å². The van der Waals surface area contributed by atoms with E-state index in [1.165, 1.54) is 6.07 Å². The number of alkyl halides is 3. The molecule has 4 nitrogen and oxygen atoms in total. The molecule has 1 fully saturated rings. The monoisotopic (exact) mass is 342 g/mol. The third kappa shape index (κ3) is 3.85. The Kier molecular flexibility index (Phi) is 4.30. The lowest BCUT2D eigenvalue weighted by atomic mass is 10.2. The maximum atomic E-state index is 12.5. The summed E-state index contributed by atoms with van der Waals surface area (Å²) in [5, 5.41) is 10.6. The molecular formula is C15H14ClF3N4. The van der Waals surface area contributed by atoms with Gasteiger partial charge in [-0.05, 0) is 36.8 Å². The zero-order valence-corrected chi connectivity index (χ0v) is 12.8. The van der Waals surface area contributed by atoms with E-state index < -0.39 is 11.9 Å². The highest BCUT2D eigenvalue weighted by Crippen LogP contribution is 2.28. The molecule has 23 heavy (non-hydrogen) atoms. The molecule has 1 saturated heterocycles. The van der Waals surface area contributed by atoms with Gasteiger partial charge in [-0.25, -0.2) is 0 Å². The third-order valence-electron chi connectivity index (χ3n) is 3.67. The molecule has 1 atom stereocenters. The van der Waals surface area contributed by atoms with Crippen LogP contribution in [0.25, 0.3) is 0 Å². The molecule has 0 radical (unpaired) electrons. The minimum absolute atomic E-state index is 0.0972. The van der Waals surface area contributed by atoms with E-state index in [1.807, 2.05) is 24.3 Å². The van der Waals surface area contributed by atoms with Gasteiger partial charge in [0, 0.05) is 29.8 Å². The molecule has 1 aromatic heterocycles. The molecule has 0 saturated carbocycles. The molecule has 0 aliphatic carbocycles. The van der Waals surface area contributed by atoms with Crippen molar-refractivity contribution in [3.63, 3.8) is 0 Å². The predicted octanol–water partition coefficient (Wildman–Crippen LogP) is 3.84.